The number of benzene rings is 1. The molecule has 4 unspecified atom stereocenters. The molecule has 4 heterocycles. The first-order valence-corrected chi connectivity index (χ1v) is 13.3. The summed E-state index contributed by atoms with van der Waals surface area (Å²) in [5.41, 5.74) is 4.76. The predicted molar refractivity (Wildman–Crippen MR) is 135 cm³/mol. The van der Waals surface area contributed by atoms with Gasteiger partial charge in [0.1, 0.15) is 6.61 Å². The van der Waals surface area contributed by atoms with Crippen LogP contribution in [0.25, 0.3) is 0 Å². The second-order valence-electron chi connectivity index (χ2n) is 11.0. The first kappa shape index (κ1) is 23.4. The first-order valence-electron chi connectivity index (χ1n) is 13.3. The normalized spacial score (nSPS) is 27.2. The fourth-order valence-corrected chi connectivity index (χ4v) is 6.37. The van der Waals surface area contributed by atoms with Gasteiger partial charge in [0.15, 0.2) is 0 Å². The monoisotopic (exact) mass is 464 g/mol. The maximum atomic E-state index is 12.4. The van der Waals surface area contributed by atoms with Crippen LogP contribution in [0.5, 0.6) is 0 Å². The summed E-state index contributed by atoms with van der Waals surface area (Å²) in [7, 11) is 2.12. The summed E-state index contributed by atoms with van der Waals surface area (Å²) in [5.74, 6) is 2.30. The Morgan fingerprint density at radius 1 is 1.15 bits per heavy atom. The molecular weight excluding hydrogens is 424 g/mol. The van der Waals surface area contributed by atoms with E-state index in [0.717, 1.165) is 25.2 Å². The molecule has 1 amide bonds. The van der Waals surface area contributed by atoms with Crippen LogP contribution in [-0.4, -0.2) is 46.5 Å². The average Bonchev–Trinajstić information content (AvgIpc) is 3.25. The number of fused-ring (bicyclic) bond motifs is 3. The van der Waals surface area contributed by atoms with Crippen molar-refractivity contribution < 1.29 is 9.53 Å². The van der Waals surface area contributed by atoms with Gasteiger partial charge in [-0.05, 0) is 67.8 Å². The number of aromatic nitrogens is 2. The van der Waals surface area contributed by atoms with Gasteiger partial charge in [-0.2, -0.15) is 5.10 Å². The number of hydrogen-bond donors (Lipinski definition) is 1. The molecule has 1 N–H and O–H groups in total. The molecule has 2 aromatic rings. The number of anilines is 1. The van der Waals surface area contributed by atoms with Crippen LogP contribution in [0.3, 0.4) is 0 Å². The van der Waals surface area contributed by atoms with Crippen molar-refractivity contribution in [2.45, 2.75) is 82.6 Å². The average molecular weight is 465 g/mol. The highest BCUT2D eigenvalue weighted by molar-refractivity contribution is 5.84. The molecule has 1 aromatic heterocycles. The zero-order valence-electron chi connectivity index (χ0n) is 21.0. The van der Waals surface area contributed by atoms with E-state index in [0.29, 0.717) is 36.3 Å². The van der Waals surface area contributed by atoms with Crippen molar-refractivity contribution in [3.8, 4) is 0 Å². The van der Waals surface area contributed by atoms with Crippen LogP contribution in [0.1, 0.15) is 93.5 Å². The van der Waals surface area contributed by atoms with E-state index in [9.17, 15) is 4.79 Å². The van der Waals surface area contributed by atoms with E-state index in [1.807, 2.05) is 12.1 Å². The maximum absolute atomic E-state index is 12.4. The summed E-state index contributed by atoms with van der Waals surface area (Å²) < 4.78 is 7.81. The van der Waals surface area contributed by atoms with Crippen molar-refractivity contribution >= 4 is 11.8 Å². The van der Waals surface area contributed by atoms with Gasteiger partial charge in [-0.15, -0.1) is 0 Å². The molecule has 1 aliphatic carbocycles. The van der Waals surface area contributed by atoms with E-state index in [1.54, 1.807) is 0 Å². The van der Waals surface area contributed by atoms with Gasteiger partial charge in [0.25, 0.3) is 0 Å². The number of hydrogen-bond acceptors (Lipinski definition) is 4. The molecule has 2 bridgehead atoms. The van der Waals surface area contributed by atoms with Crippen LogP contribution in [0.2, 0.25) is 0 Å². The van der Waals surface area contributed by atoms with Gasteiger partial charge in [0.05, 0.1) is 5.69 Å². The van der Waals surface area contributed by atoms with Gasteiger partial charge in [-0.25, -0.2) is 4.79 Å². The van der Waals surface area contributed by atoms with Crippen LogP contribution < -0.4 is 5.32 Å². The van der Waals surface area contributed by atoms with Crippen LogP contribution in [0, 0.1) is 5.92 Å². The number of carbonyl (C=O) groups is 1. The number of amides is 1. The third-order valence-electron chi connectivity index (χ3n) is 8.45. The Morgan fingerprint density at radius 2 is 1.91 bits per heavy atom. The Hall–Kier alpha value is -2.34. The molecule has 1 saturated carbocycles. The fourth-order valence-electron chi connectivity index (χ4n) is 6.37. The van der Waals surface area contributed by atoms with Gasteiger partial charge in [0.2, 0.25) is 0 Å². The molecule has 0 spiro atoms. The Labute approximate surface area is 204 Å². The standard InChI is InChI=1S/C28H40N4O2/c1-19(2)20-9-11-23(12-10-20)29-28(33)34-18-24-15-22-13-14-32(24)17-25(22)27-16-26(30-31(27)3)21-7-5-4-6-8-21/h9-12,16,19,21-22,24-25H,4-8,13-15,17-18H2,1-3H3,(H,29,33). The SMILES string of the molecule is CC(C)c1ccc(NC(=O)OCC2CC3CCN2CC3c2cc(C3CCCCC3)nn2C)cc1. The molecule has 0 radical (unpaired) electrons. The lowest BCUT2D eigenvalue weighted by Gasteiger charge is -2.49. The van der Waals surface area contributed by atoms with Crippen molar-refractivity contribution in [2.24, 2.45) is 13.0 Å². The van der Waals surface area contributed by atoms with Gasteiger partial charge >= 0.3 is 6.09 Å². The van der Waals surface area contributed by atoms with Gasteiger partial charge in [-0.1, -0.05) is 45.2 Å². The number of nitrogens with one attached hydrogen (secondary N) is 1. The van der Waals surface area contributed by atoms with Crippen LogP contribution in [0.4, 0.5) is 10.5 Å². The highest BCUT2D eigenvalue weighted by Crippen LogP contribution is 2.43. The number of piperidine rings is 3. The number of nitrogens with zero attached hydrogens (tertiary/aromatic N) is 3. The van der Waals surface area contributed by atoms with Crippen LogP contribution in [-0.2, 0) is 11.8 Å². The van der Waals surface area contributed by atoms with E-state index in [4.69, 9.17) is 9.84 Å². The molecule has 34 heavy (non-hydrogen) atoms. The summed E-state index contributed by atoms with van der Waals surface area (Å²) >= 11 is 0. The fraction of sp³-hybridized carbons (Fsp3) is 0.643. The molecule has 184 valence electrons. The van der Waals surface area contributed by atoms with Crippen molar-refractivity contribution in [1.29, 1.82) is 0 Å². The van der Waals surface area contributed by atoms with Crippen molar-refractivity contribution in [3.05, 3.63) is 47.3 Å². The smallest absolute Gasteiger partial charge is 0.411 e. The lowest BCUT2D eigenvalue weighted by atomic mass is 9.74. The second kappa shape index (κ2) is 10.1. The van der Waals surface area contributed by atoms with Gasteiger partial charge in [-0.3, -0.25) is 14.9 Å². The molecule has 3 saturated heterocycles. The Balaban J connectivity index is 1.15. The molecule has 4 fully saturated rings. The zero-order chi connectivity index (χ0) is 23.7. The molecule has 6 rings (SSSR count). The summed E-state index contributed by atoms with van der Waals surface area (Å²) in [6, 6.07) is 10.7. The quantitative estimate of drug-likeness (QED) is 0.568. The number of carbonyl (C=O) groups excluding carboxylic acids is 1. The molecular formula is C28H40N4O2. The Bertz CT molecular complexity index is 977. The summed E-state index contributed by atoms with van der Waals surface area (Å²) in [6.45, 7) is 6.93. The van der Waals surface area contributed by atoms with Crippen LogP contribution in [0.15, 0.2) is 30.3 Å². The molecule has 1 aromatic carbocycles. The highest BCUT2D eigenvalue weighted by Gasteiger charge is 2.42. The molecule has 6 heteroatoms. The highest BCUT2D eigenvalue weighted by atomic mass is 16.5. The number of ether oxygens (including phenoxy) is 1. The van der Waals surface area contributed by atoms with E-state index in [-0.39, 0.29) is 6.09 Å². The van der Waals surface area contributed by atoms with Crippen molar-refractivity contribution in [2.75, 3.05) is 25.0 Å². The zero-order valence-corrected chi connectivity index (χ0v) is 21.0. The number of aryl methyl sites for hydroxylation is 1. The molecule has 4 atom stereocenters. The Kier molecular flexibility index (Phi) is 6.96. The van der Waals surface area contributed by atoms with Crippen molar-refractivity contribution in [1.82, 2.24) is 14.7 Å². The lowest BCUT2D eigenvalue weighted by molar-refractivity contribution is -0.00222. The maximum Gasteiger partial charge on any atom is 0.411 e. The molecule has 3 aliphatic heterocycles. The van der Waals surface area contributed by atoms with Gasteiger partial charge < -0.3 is 4.74 Å². The largest absolute Gasteiger partial charge is 0.448 e. The number of rotatable bonds is 6. The summed E-state index contributed by atoms with van der Waals surface area (Å²) in [4.78, 5) is 14.9. The Morgan fingerprint density at radius 3 is 2.59 bits per heavy atom. The first-order chi connectivity index (χ1) is 16.5. The van der Waals surface area contributed by atoms with Crippen LogP contribution >= 0.6 is 0 Å². The third-order valence-corrected chi connectivity index (χ3v) is 8.45. The van der Waals surface area contributed by atoms with E-state index in [1.165, 1.54) is 55.5 Å². The van der Waals surface area contributed by atoms with E-state index >= 15 is 0 Å². The molecule has 4 aliphatic rings. The summed E-state index contributed by atoms with van der Waals surface area (Å²) in [5, 5.41) is 7.82. The predicted octanol–water partition coefficient (Wildman–Crippen LogP) is 6.02. The topological polar surface area (TPSA) is 59.4 Å². The minimum atomic E-state index is -0.361. The van der Waals surface area contributed by atoms with Crippen molar-refractivity contribution in [3.63, 3.8) is 0 Å². The van der Waals surface area contributed by atoms with E-state index < -0.39 is 0 Å². The minimum absolute atomic E-state index is 0.315. The minimum Gasteiger partial charge on any atom is -0.448 e. The van der Waals surface area contributed by atoms with E-state index in [2.05, 4.69) is 54.0 Å². The summed E-state index contributed by atoms with van der Waals surface area (Å²) in [6.07, 6.45) is 8.59. The molecule has 6 nitrogen and oxygen atoms in total. The second-order valence-corrected chi connectivity index (χ2v) is 11.0. The van der Waals surface area contributed by atoms with Gasteiger partial charge in [0, 0.05) is 42.9 Å². The third kappa shape index (κ3) is 5.02. The lowest BCUT2D eigenvalue weighted by Crippen LogP contribution is -2.54.